The van der Waals surface area contributed by atoms with Gasteiger partial charge in [0.25, 0.3) is 0 Å². The molecule has 1 rings (SSSR count). The maximum absolute atomic E-state index is 9.97. The van der Waals surface area contributed by atoms with Crippen molar-refractivity contribution in [1.29, 1.82) is 0 Å². The third-order valence-electron chi connectivity index (χ3n) is 1.03. The lowest BCUT2D eigenvalue weighted by atomic mass is 10.5. The van der Waals surface area contributed by atoms with Crippen LogP contribution in [-0.2, 0) is 4.79 Å². The van der Waals surface area contributed by atoms with Gasteiger partial charge in [0.05, 0.1) is 5.92 Å². The minimum atomic E-state index is -0.639. The number of rotatable bonds is 1. The average Bonchev–Trinajstić information content (AvgIpc) is 2.17. The van der Waals surface area contributed by atoms with E-state index >= 15 is 0 Å². The van der Waals surface area contributed by atoms with E-state index in [1.54, 1.807) is 0 Å². The molecule has 1 saturated carbocycles. The number of carboxylic acid groups (broad SMARTS) is 1. The van der Waals surface area contributed by atoms with Crippen molar-refractivity contribution in [2.75, 3.05) is 0 Å². The fourth-order valence-electron chi connectivity index (χ4n) is 0.420. The summed E-state index contributed by atoms with van der Waals surface area (Å²) in [7, 11) is 0. The highest BCUT2D eigenvalue weighted by atomic mass is 127. The monoisotopic (exact) mass is 212 g/mol. The lowest BCUT2D eigenvalue weighted by molar-refractivity contribution is -0.138. The van der Waals surface area contributed by atoms with Gasteiger partial charge in [0.2, 0.25) is 0 Å². The van der Waals surface area contributed by atoms with Crippen molar-refractivity contribution in [1.82, 2.24) is 0 Å². The van der Waals surface area contributed by atoms with Crippen LogP contribution in [0.15, 0.2) is 0 Å². The molecule has 0 spiro atoms. The number of hydrogen-bond donors (Lipinski definition) is 1. The first-order valence-electron chi connectivity index (χ1n) is 2.08. The Morgan fingerprint density at radius 2 is 2.29 bits per heavy atom. The molecule has 1 aliphatic rings. The summed E-state index contributed by atoms with van der Waals surface area (Å²) in [6, 6.07) is 0. The van der Waals surface area contributed by atoms with Crippen molar-refractivity contribution in [2.45, 2.75) is 10.3 Å². The van der Waals surface area contributed by atoms with Crippen molar-refractivity contribution in [3.05, 3.63) is 0 Å². The first-order valence-corrected chi connectivity index (χ1v) is 3.33. The second-order valence-corrected chi connectivity index (χ2v) is 3.30. The van der Waals surface area contributed by atoms with Crippen molar-refractivity contribution in [3.63, 3.8) is 0 Å². The van der Waals surface area contributed by atoms with E-state index < -0.39 is 5.97 Å². The zero-order chi connectivity index (χ0) is 5.44. The molecule has 2 unspecified atom stereocenters. The number of alkyl halides is 1. The second-order valence-electron chi connectivity index (χ2n) is 1.70. The van der Waals surface area contributed by atoms with E-state index in [4.69, 9.17) is 5.11 Å². The summed E-state index contributed by atoms with van der Waals surface area (Å²) in [5.41, 5.74) is 0. The Kier molecular flexibility index (Phi) is 1.23. The van der Waals surface area contributed by atoms with Crippen molar-refractivity contribution >= 4 is 28.6 Å². The summed E-state index contributed by atoms with van der Waals surface area (Å²) >= 11 is 2.15. The van der Waals surface area contributed by atoms with Crippen LogP contribution in [0.1, 0.15) is 6.42 Å². The van der Waals surface area contributed by atoms with Crippen LogP contribution in [0, 0.1) is 5.92 Å². The molecule has 0 heterocycles. The van der Waals surface area contributed by atoms with Crippen LogP contribution in [0.4, 0.5) is 0 Å². The van der Waals surface area contributed by atoms with E-state index in [0.717, 1.165) is 6.42 Å². The van der Waals surface area contributed by atoms with Crippen molar-refractivity contribution in [2.24, 2.45) is 5.92 Å². The molecule has 0 aromatic heterocycles. The molecule has 1 fully saturated rings. The molecule has 0 bridgehead atoms. The molecule has 1 N–H and O–H groups in total. The molecule has 2 nitrogen and oxygen atoms in total. The Hall–Kier alpha value is 0.200. The molecule has 0 aliphatic heterocycles. The fourth-order valence-corrected chi connectivity index (χ4v) is 1.28. The Bertz CT molecular complexity index is 102. The lowest BCUT2D eigenvalue weighted by Crippen LogP contribution is -1.97. The summed E-state index contributed by atoms with van der Waals surface area (Å²) in [6.07, 6.45) is 0.871. The molecular weight excluding hydrogens is 207 g/mol. The van der Waals surface area contributed by atoms with E-state index in [-0.39, 0.29) is 5.92 Å². The summed E-state index contributed by atoms with van der Waals surface area (Å²) in [6.45, 7) is 0. The first kappa shape index (κ1) is 5.34. The van der Waals surface area contributed by atoms with Crippen LogP contribution < -0.4 is 0 Å². The quantitative estimate of drug-likeness (QED) is 0.517. The van der Waals surface area contributed by atoms with Gasteiger partial charge in [-0.2, -0.15) is 0 Å². The largest absolute Gasteiger partial charge is 0.481 e. The molecular formula is C4H5IO2. The highest BCUT2D eigenvalue weighted by molar-refractivity contribution is 14.1. The minimum absolute atomic E-state index is 0.0272. The number of aliphatic carboxylic acids is 1. The minimum Gasteiger partial charge on any atom is -0.481 e. The van der Waals surface area contributed by atoms with Gasteiger partial charge >= 0.3 is 5.97 Å². The molecule has 40 valence electrons. The van der Waals surface area contributed by atoms with Gasteiger partial charge in [-0.3, -0.25) is 4.79 Å². The zero-order valence-electron chi connectivity index (χ0n) is 3.60. The molecule has 2 atom stereocenters. The maximum Gasteiger partial charge on any atom is 0.307 e. The number of carbonyl (C=O) groups is 1. The van der Waals surface area contributed by atoms with E-state index in [1.807, 2.05) is 0 Å². The third-order valence-corrected chi connectivity index (χ3v) is 2.41. The summed E-state index contributed by atoms with van der Waals surface area (Å²) < 4.78 is 0.412. The van der Waals surface area contributed by atoms with Crippen molar-refractivity contribution < 1.29 is 9.90 Å². The van der Waals surface area contributed by atoms with Crippen LogP contribution in [0.2, 0.25) is 0 Å². The van der Waals surface area contributed by atoms with E-state index in [1.165, 1.54) is 0 Å². The molecule has 0 radical (unpaired) electrons. The van der Waals surface area contributed by atoms with Gasteiger partial charge in [-0.15, -0.1) is 0 Å². The summed E-state index contributed by atoms with van der Waals surface area (Å²) in [5.74, 6) is -0.667. The van der Waals surface area contributed by atoms with Crippen LogP contribution in [0.5, 0.6) is 0 Å². The Labute approximate surface area is 55.0 Å². The van der Waals surface area contributed by atoms with Gasteiger partial charge in [0.15, 0.2) is 0 Å². The average molecular weight is 212 g/mol. The molecule has 0 amide bonds. The SMILES string of the molecule is O=C(O)C1CC1I. The standard InChI is InChI=1S/C4H5IO2/c5-3-1-2(3)4(6)7/h2-3H,1H2,(H,6,7). The van der Waals surface area contributed by atoms with Gasteiger partial charge < -0.3 is 5.11 Å². The Morgan fingerprint density at radius 1 is 1.86 bits per heavy atom. The zero-order valence-corrected chi connectivity index (χ0v) is 5.75. The molecule has 3 heteroatoms. The van der Waals surface area contributed by atoms with Gasteiger partial charge in [0, 0.05) is 3.92 Å². The Morgan fingerprint density at radius 3 is 2.29 bits per heavy atom. The predicted molar refractivity (Wildman–Crippen MR) is 33.6 cm³/mol. The highest BCUT2D eigenvalue weighted by Gasteiger charge is 2.40. The Balaban J connectivity index is 2.33. The van der Waals surface area contributed by atoms with Crippen LogP contribution >= 0.6 is 22.6 Å². The smallest absolute Gasteiger partial charge is 0.307 e. The molecule has 1 aliphatic carbocycles. The lowest BCUT2D eigenvalue weighted by Gasteiger charge is -1.78. The van der Waals surface area contributed by atoms with Crippen LogP contribution in [0.3, 0.4) is 0 Å². The van der Waals surface area contributed by atoms with Crippen LogP contribution in [-0.4, -0.2) is 15.0 Å². The van der Waals surface area contributed by atoms with E-state index in [0.29, 0.717) is 3.92 Å². The van der Waals surface area contributed by atoms with Gasteiger partial charge in [-0.25, -0.2) is 0 Å². The normalized spacial score (nSPS) is 37.9. The van der Waals surface area contributed by atoms with Crippen LogP contribution in [0.25, 0.3) is 0 Å². The molecule has 7 heavy (non-hydrogen) atoms. The van der Waals surface area contributed by atoms with Gasteiger partial charge in [0.1, 0.15) is 0 Å². The van der Waals surface area contributed by atoms with Gasteiger partial charge in [-0.1, -0.05) is 22.6 Å². The fraction of sp³-hybridized carbons (Fsp3) is 0.750. The topological polar surface area (TPSA) is 37.3 Å². The summed E-state index contributed by atoms with van der Waals surface area (Å²) in [4.78, 5) is 9.97. The third kappa shape index (κ3) is 1.05. The van der Waals surface area contributed by atoms with Gasteiger partial charge in [-0.05, 0) is 6.42 Å². The number of halogens is 1. The van der Waals surface area contributed by atoms with E-state index in [9.17, 15) is 4.79 Å². The molecule has 0 aromatic rings. The second kappa shape index (κ2) is 1.61. The van der Waals surface area contributed by atoms with Crippen molar-refractivity contribution in [3.8, 4) is 0 Å². The predicted octanol–water partition coefficient (Wildman–Crippen LogP) is 0.895. The summed E-state index contributed by atoms with van der Waals surface area (Å²) in [5, 5.41) is 8.22. The molecule has 0 aromatic carbocycles. The van der Waals surface area contributed by atoms with E-state index in [2.05, 4.69) is 22.6 Å². The molecule has 0 saturated heterocycles. The number of carboxylic acids is 1. The maximum atomic E-state index is 9.97. The highest BCUT2D eigenvalue weighted by Crippen LogP contribution is 2.37. The number of hydrogen-bond acceptors (Lipinski definition) is 1. The first-order chi connectivity index (χ1) is 3.22.